The Balaban J connectivity index is 2.01. The monoisotopic (exact) mass is 493 g/mol. The molecule has 31 heavy (non-hydrogen) atoms. The third-order valence-corrected chi connectivity index (χ3v) is 4.96. The van der Waals surface area contributed by atoms with E-state index in [1.165, 1.54) is 33.5 Å². The third kappa shape index (κ3) is 6.08. The van der Waals surface area contributed by atoms with Crippen molar-refractivity contribution in [2.45, 2.75) is 12.5 Å². The first-order valence-electron chi connectivity index (χ1n) is 9.06. The van der Waals surface area contributed by atoms with Crippen molar-refractivity contribution in [2.75, 3.05) is 27.9 Å². The zero-order valence-electron chi connectivity index (χ0n) is 17.1. The summed E-state index contributed by atoms with van der Waals surface area (Å²) in [6.07, 6.45) is -0.0821. The van der Waals surface area contributed by atoms with Crippen molar-refractivity contribution in [1.29, 1.82) is 5.26 Å². The number of hydrogen-bond acceptors (Lipinski definition) is 6. The van der Waals surface area contributed by atoms with Gasteiger partial charge in [0.1, 0.15) is 11.9 Å². The van der Waals surface area contributed by atoms with Crippen LogP contribution in [0, 0.1) is 17.1 Å². The van der Waals surface area contributed by atoms with E-state index in [9.17, 15) is 19.2 Å². The van der Waals surface area contributed by atoms with Crippen LogP contribution in [0.4, 0.5) is 4.39 Å². The molecule has 164 valence electrons. The average Bonchev–Trinajstić information content (AvgIpc) is 2.77. The molecule has 0 radical (unpaired) electrons. The Bertz CT molecular complexity index is 984. The Kier molecular flexibility index (Phi) is 8.63. The lowest BCUT2D eigenvalue weighted by Gasteiger charge is -2.17. The van der Waals surface area contributed by atoms with Crippen LogP contribution in [0.2, 0.25) is 0 Å². The van der Waals surface area contributed by atoms with Crippen LogP contribution in [0.25, 0.3) is 0 Å². The highest BCUT2D eigenvalue weighted by Gasteiger charge is 2.20. The van der Waals surface area contributed by atoms with Gasteiger partial charge in [-0.15, -0.1) is 0 Å². The van der Waals surface area contributed by atoms with E-state index in [1.807, 2.05) is 6.07 Å². The highest BCUT2D eigenvalue weighted by atomic mass is 79.9. The van der Waals surface area contributed by atoms with Gasteiger partial charge in [0.15, 0.2) is 11.5 Å². The predicted molar refractivity (Wildman–Crippen MR) is 114 cm³/mol. The first kappa shape index (κ1) is 24.0. The van der Waals surface area contributed by atoms with E-state index >= 15 is 0 Å². The maximum Gasteiger partial charge on any atom is 0.252 e. The molecule has 0 saturated heterocycles. The van der Waals surface area contributed by atoms with Gasteiger partial charge in [-0.3, -0.25) is 9.59 Å². The van der Waals surface area contributed by atoms with E-state index in [0.29, 0.717) is 27.3 Å². The molecule has 0 heterocycles. The van der Waals surface area contributed by atoms with Gasteiger partial charge < -0.3 is 24.8 Å². The molecular weight excluding hydrogens is 473 g/mol. The summed E-state index contributed by atoms with van der Waals surface area (Å²) in [6, 6.07) is 7.91. The molecule has 2 amide bonds. The van der Waals surface area contributed by atoms with Crippen molar-refractivity contribution >= 4 is 27.7 Å². The zero-order chi connectivity index (χ0) is 23.0. The van der Waals surface area contributed by atoms with Crippen molar-refractivity contribution in [3.63, 3.8) is 0 Å². The Labute approximate surface area is 187 Å². The number of carbonyl (C=O) groups is 2. The maximum atomic E-state index is 13.3. The molecule has 0 fully saturated rings. The summed E-state index contributed by atoms with van der Waals surface area (Å²) in [4.78, 5) is 24.5. The fourth-order valence-corrected chi connectivity index (χ4v) is 3.17. The van der Waals surface area contributed by atoms with E-state index < -0.39 is 23.7 Å². The largest absolute Gasteiger partial charge is 0.493 e. The number of nitriles is 1. The molecule has 2 aromatic carbocycles. The Morgan fingerprint density at radius 1 is 1.13 bits per heavy atom. The standard InChI is InChI=1S/C21H21BrFN3O5/c1-29-17-8-12(9-18(30-2)20(17)31-3)16(11-24)26-19(27)6-7-25-21(28)14-10-13(23)4-5-15(14)22/h4-5,8-10,16H,6-7H2,1-3H3,(H,25,28)(H,26,27). The molecule has 0 aromatic heterocycles. The van der Waals surface area contributed by atoms with Crippen LogP contribution in [-0.4, -0.2) is 39.7 Å². The molecule has 10 heteroatoms. The Morgan fingerprint density at radius 3 is 2.32 bits per heavy atom. The van der Waals surface area contributed by atoms with Gasteiger partial charge in [-0.2, -0.15) is 5.26 Å². The van der Waals surface area contributed by atoms with Crippen molar-refractivity contribution in [3.05, 3.63) is 51.7 Å². The van der Waals surface area contributed by atoms with E-state index in [0.717, 1.165) is 6.07 Å². The van der Waals surface area contributed by atoms with E-state index in [4.69, 9.17) is 14.2 Å². The first-order chi connectivity index (χ1) is 14.8. The number of carbonyl (C=O) groups excluding carboxylic acids is 2. The lowest BCUT2D eigenvalue weighted by molar-refractivity contribution is -0.121. The number of nitrogens with one attached hydrogen (secondary N) is 2. The van der Waals surface area contributed by atoms with E-state index in [1.54, 1.807) is 12.1 Å². The summed E-state index contributed by atoms with van der Waals surface area (Å²) in [5.74, 6) is -0.477. The molecule has 0 spiro atoms. The summed E-state index contributed by atoms with van der Waals surface area (Å²) in [5, 5.41) is 14.6. The molecule has 0 bridgehead atoms. The first-order valence-corrected chi connectivity index (χ1v) is 9.86. The SMILES string of the molecule is COc1cc(C(C#N)NC(=O)CCNC(=O)c2cc(F)ccc2Br)cc(OC)c1OC. The molecule has 0 aliphatic rings. The van der Waals surface area contributed by atoms with Crippen LogP contribution in [0.5, 0.6) is 17.2 Å². The van der Waals surface area contributed by atoms with Crippen LogP contribution < -0.4 is 24.8 Å². The van der Waals surface area contributed by atoms with Gasteiger partial charge in [0.05, 0.1) is 33.0 Å². The smallest absolute Gasteiger partial charge is 0.252 e. The number of nitrogens with zero attached hydrogens (tertiary/aromatic N) is 1. The van der Waals surface area contributed by atoms with Gasteiger partial charge >= 0.3 is 0 Å². The molecule has 0 saturated carbocycles. The Hall–Kier alpha value is -3.32. The molecule has 2 N–H and O–H groups in total. The van der Waals surface area contributed by atoms with Crippen LogP contribution >= 0.6 is 15.9 Å². The number of rotatable bonds is 9. The second-order valence-electron chi connectivity index (χ2n) is 6.22. The average molecular weight is 494 g/mol. The van der Waals surface area contributed by atoms with Crippen LogP contribution in [-0.2, 0) is 4.79 Å². The minimum absolute atomic E-state index is 0.00102. The van der Waals surface area contributed by atoms with Crippen LogP contribution in [0.1, 0.15) is 28.4 Å². The molecule has 2 rings (SSSR count). The number of ether oxygens (including phenoxy) is 3. The number of benzene rings is 2. The van der Waals surface area contributed by atoms with Gasteiger partial charge in [-0.25, -0.2) is 4.39 Å². The third-order valence-electron chi connectivity index (χ3n) is 4.27. The highest BCUT2D eigenvalue weighted by Crippen LogP contribution is 2.39. The second kappa shape index (κ2) is 11.2. The highest BCUT2D eigenvalue weighted by molar-refractivity contribution is 9.10. The van der Waals surface area contributed by atoms with Crippen molar-refractivity contribution < 1.29 is 28.2 Å². The number of amides is 2. The molecule has 0 aliphatic carbocycles. The summed E-state index contributed by atoms with van der Waals surface area (Å²) in [5.41, 5.74) is 0.561. The quantitative estimate of drug-likeness (QED) is 0.555. The maximum absolute atomic E-state index is 13.3. The summed E-state index contributed by atoms with van der Waals surface area (Å²) in [6.45, 7) is 0.00102. The van der Waals surface area contributed by atoms with Crippen LogP contribution in [0.3, 0.4) is 0 Å². The van der Waals surface area contributed by atoms with Gasteiger partial charge in [-0.1, -0.05) is 0 Å². The van der Waals surface area contributed by atoms with Gasteiger partial charge in [0.2, 0.25) is 11.7 Å². The van der Waals surface area contributed by atoms with E-state index in [2.05, 4.69) is 26.6 Å². The van der Waals surface area contributed by atoms with Crippen molar-refractivity contribution in [3.8, 4) is 23.3 Å². The second-order valence-corrected chi connectivity index (χ2v) is 7.07. The van der Waals surface area contributed by atoms with Crippen molar-refractivity contribution in [1.82, 2.24) is 10.6 Å². The predicted octanol–water partition coefficient (Wildman–Crippen LogP) is 3.11. The normalized spacial score (nSPS) is 11.1. The molecule has 1 unspecified atom stereocenters. The van der Waals surface area contributed by atoms with Gasteiger partial charge in [0, 0.05) is 17.4 Å². The number of hydrogen-bond donors (Lipinski definition) is 2. The number of halogens is 2. The summed E-state index contributed by atoms with van der Waals surface area (Å²) >= 11 is 3.18. The minimum Gasteiger partial charge on any atom is -0.493 e. The fourth-order valence-electron chi connectivity index (χ4n) is 2.75. The van der Waals surface area contributed by atoms with Crippen LogP contribution in [0.15, 0.2) is 34.8 Å². The van der Waals surface area contributed by atoms with Gasteiger partial charge in [-0.05, 0) is 51.8 Å². The lowest BCUT2D eigenvalue weighted by Crippen LogP contribution is -2.32. The lowest BCUT2D eigenvalue weighted by atomic mass is 10.1. The minimum atomic E-state index is -0.978. The molecule has 0 aliphatic heterocycles. The number of methoxy groups -OCH3 is 3. The van der Waals surface area contributed by atoms with E-state index in [-0.39, 0.29) is 18.5 Å². The summed E-state index contributed by atoms with van der Waals surface area (Å²) in [7, 11) is 4.35. The Morgan fingerprint density at radius 2 is 1.77 bits per heavy atom. The summed E-state index contributed by atoms with van der Waals surface area (Å²) < 4.78 is 29.5. The fraction of sp³-hybridized carbons (Fsp3) is 0.286. The molecular formula is C21H21BrFN3O5. The topological polar surface area (TPSA) is 110 Å². The zero-order valence-corrected chi connectivity index (χ0v) is 18.7. The molecule has 8 nitrogen and oxygen atoms in total. The van der Waals surface area contributed by atoms with Crippen molar-refractivity contribution in [2.24, 2.45) is 0 Å². The van der Waals surface area contributed by atoms with Gasteiger partial charge in [0.25, 0.3) is 5.91 Å². The molecule has 2 aromatic rings. The molecule has 1 atom stereocenters.